The first-order valence-corrected chi connectivity index (χ1v) is 11.3. The number of rotatable bonds is 7. The van der Waals surface area contributed by atoms with E-state index in [1.807, 2.05) is 24.3 Å². The summed E-state index contributed by atoms with van der Waals surface area (Å²) in [4.78, 5) is 22.7. The molecule has 0 aliphatic rings. The molecule has 8 heteroatoms. The van der Waals surface area contributed by atoms with Gasteiger partial charge in [-0.3, -0.25) is 4.79 Å². The number of nitrogens with zero attached hydrogens (tertiary/aromatic N) is 3. The molecule has 176 valence electrons. The second-order valence-corrected chi connectivity index (χ2v) is 8.31. The molecule has 0 atom stereocenters. The van der Waals surface area contributed by atoms with Gasteiger partial charge in [0.2, 0.25) is 0 Å². The molecule has 1 amide bonds. The monoisotopic (exact) mass is 471 g/mol. The zero-order valence-electron chi connectivity index (χ0n) is 18.8. The van der Waals surface area contributed by atoms with Gasteiger partial charge in [0.25, 0.3) is 5.91 Å². The minimum Gasteiger partial charge on any atom is -0.384 e. The van der Waals surface area contributed by atoms with E-state index >= 15 is 0 Å². The number of amides is 1. The van der Waals surface area contributed by atoms with Gasteiger partial charge in [-0.15, -0.1) is 0 Å². The van der Waals surface area contributed by atoms with Crippen molar-refractivity contribution in [1.82, 2.24) is 19.9 Å². The molecule has 0 aliphatic heterocycles. The molecule has 6 nitrogen and oxygen atoms in total. The molecule has 0 radical (unpaired) electrons. The number of nitrogens with one attached hydrogen (secondary N) is 1. The molecule has 0 bridgehead atoms. The summed E-state index contributed by atoms with van der Waals surface area (Å²) in [5.74, 6) is -0.669. The lowest BCUT2D eigenvalue weighted by atomic mass is 10.1. The van der Waals surface area contributed by atoms with Gasteiger partial charge >= 0.3 is 0 Å². The predicted octanol–water partition coefficient (Wildman–Crippen LogP) is 4.66. The molecule has 0 saturated heterocycles. The Morgan fingerprint density at radius 1 is 0.829 bits per heavy atom. The second-order valence-electron chi connectivity index (χ2n) is 8.31. The normalized spacial score (nSPS) is 11.3. The Morgan fingerprint density at radius 3 is 2.03 bits per heavy atom. The lowest BCUT2D eigenvalue weighted by Crippen LogP contribution is -2.26. The van der Waals surface area contributed by atoms with Crippen LogP contribution >= 0.6 is 0 Å². The first-order valence-electron chi connectivity index (χ1n) is 11.3. The first-order chi connectivity index (χ1) is 17.0. The van der Waals surface area contributed by atoms with Gasteiger partial charge in [-0.1, -0.05) is 36.4 Å². The number of aromatic nitrogens is 3. The zero-order valence-corrected chi connectivity index (χ0v) is 18.8. The molecule has 0 saturated carbocycles. The first kappa shape index (κ1) is 22.5. The molecule has 5 aromatic rings. The molecule has 2 aromatic heterocycles. The van der Waals surface area contributed by atoms with Gasteiger partial charge in [0.1, 0.15) is 28.5 Å². The molecule has 5 rings (SSSR count). The summed E-state index contributed by atoms with van der Waals surface area (Å²) < 4.78 is 28.2. The van der Waals surface area contributed by atoms with E-state index in [1.165, 1.54) is 24.3 Å². The highest BCUT2D eigenvalue weighted by molar-refractivity contribution is 6.10. The lowest BCUT2D eigenvalue weighted by Gasteiger charge is -2.09. The van der Waals surface area contributed by atoms with Crippen LogP contribution < -0.4 is 11.1 Å². The number of anilines is 1. The number of para-hydroxylation sites is 2. The SMILES string of the molecule is Nc1c(C(=O)NCCc2ccc(F)cc2)c2nc3ccccc3nc2n1CCc1ccc(F)cc1. The Balaban J connectivity index is 1.46. The highest BCUT2D eigenvalue weighted by atomic mass is 19.1. The van der Waals surface area contributed by atoms with Crippen molar-refractivity contribution in [3.05, 3.63) is 101 Å². The number of halogens is 2. The van der Waals surface area contributed by atoms with Crippen molar-refractivity contribution in [2.75, 3.05) is 12.3 Å². The predicted molar refractivity (Wildman–Crippen MR) is 132 cm³/mol. The maximum absolute atomic E-state index is 13.3. The van der Waals surface area contributed by atoms with Gasteiger partial charge in [0, 0.05) is 13.1 Å². The third-order valence-corrected chi connectivity index (χ3v) is 5.97. The van der Waals surface area contributed by atoms with E-state index in [4.69, 9.17) is 15.7 Å². The third kappa shape index (κ3) is 4.68. The van der Waals surface area contributed by atoms with Gasteiger partial charge in [0.15, 0.2) is 5.65 Å². The standard InChI is InChI=1S/C27H23F2N5O/c28-19-9-5-17(6-10-19)13-15-31-27(35)23-24-26(33-22-4-2-1-3-21(22)32-24)34(25(23)30)16-14-18-7-11-20(29)12-8-18/h1-12H,13-16,30H2,(H,31,35). The Labute approximate surface area is 200 Å². The average molecular weight is 472 g/mol. The lowest BCUT2D eigenvalue weighted by molar-refractivity contribution is 0.0956. The molecule has 35 heavy (non-hydrogen) atoms. The van der Waals surface area contributed by atoms with E-state index in [0.29, 0.717) is 48.1 Å². The van der Waals surface area contributed by atoms with E-state index in [1.54, 1.807) is 28.8 Å². The van der Waals surface area contributed by atoms with Crippen LogP contribution in [0.2, 0.25) is 0 Å². The van der Waals surface area contributed by atoms with Crippen LogP contribution in [-0.2, 0) is 19.4 Å². The number of carbonyl (C=O) groups excluding carboxylic acids is 1. The smallest absolute Gasteiger partial charge is 0.257 e. The molecule has 2 heterocycles. The fourth-order valence-electron chi connectivity index (χ4n) is 4.12. The van der Waals surface area contributed by atoms with Crippen LogP contribution in [0.1, 0.15) is 21.5 Å². The summed E-state index contributed by atoms with van der Waals surface area (Å²) >= 11 is 0. The van der Waals surface area contributed by atoms with Crippen molar-refractivity contribution < 1.29 is 13.6 Å². The van der Waals surface area contributed by atoms with Crippen LogP contribution in [0.4, 0.5) is 14.6 Å². The van der Waals surface area contributed by atoms with Crippen molar-refractivity contribution in [2.24, 2.45) is 0 Å². The number of benzene rings is 3. The molecule has 0 unspecified atom stereocenters. The Kier molecular flexibility index (Phi) is 6.10. The van der Waals surface area contributed by atoms with E-state index in [2.05, 4.69) is 5.32 Å². The van der Waals surface area contributed by atoms with Crippen molar-refractivity contribution >= 4 is 33.9 Å². The molecule has 0 aliphatic carbocycles. The maximum Gasteiger partial charge on any atom is 0.257 e. The van der Waals surface area contributed by atoms with Crippen LogP contribution in [0.3, 0.4) is 0 Å². The van der Waals surface area contributed by atoms with Crippen LogP contribution in [0.15, 0.2) is 72.8 Å². The van der Waals surface area contributed by atoms with E-state index in [-0.39, 0.29) is 28.9 Å². The van der Waals surface area contributed by atoms with Crippen LogP contribution in [0.25, 0.3) is 22.2 Å². The molecule has 3 N–H and O–H groups in total. The topological polar surface area (TPSA) is 85.8 Å². The molecule has 0 fully saturated rings. The molecular formula is C27H23F2N5O. The molecule has 0 spiro atoms. The summed E-state index contributed by atoms with van der Waals surface area (Å²) in [5, 5.41) is 2.90. The summed E-state index contributed by atoms with van der Waals surface area (Å²) in [6, 6.07) is 19.9. The molecule has 3 aromatic carbocycles. The van der Waals surface area contributed by atoms with Crippen LogP contribution in [0, 0.1) is 11.6 Å². The van der Waals surface area contributed by atoms with Crippen molar-refractivity contribution in [3.63, 3.8) is 0 Å². The van der Waals surface area contributed by atoms with Gasteiger partial charge in [-0.05, 0) is 60.4 Å². The maximum atomic E-state index is 13.3. The third-order valence-electron chi connectivity index (χ3n) is 5.97. The van der Waals surface area contributed by atoms with E-state index in [9.17, 15) is 13.6 Å². The van der Waals surface area contributed by atoms with Crippen molar-refractivity contribution in [3.8, 4) is 0 Å². The highest BCUT2D eigenvalue weighted by Gasteiger charge is 2.23. The van der Waals surface area contributed by atoms with E-state index in [0.717, 1.165) is 11.1 Å². The molecular weight excluding hydrogens is 448 g/mol. The summed E-state index contributed by atoms with van der Waals surface area (Å²) in [6.07, 6.45) is 1.12. The van der Waals surface area contributed by atoms with Crippen LogP contribution in [-0.4, -0.2) is 27.0 Å². The average Bonchev–Trinajstić information content (AvgIpc) is 3.13. The van der Waals surface area contributed by atoms with E-state index < -0.39 is 0 Å². The highest BCUT2D eigenvalue weighted by Crippen LogP contribution is 2.28. The van der Waals surface area contributed by atoms with Gasteiger partial charge in [-0.25, -0.2) is 18.7 Å². The van der Waals surface area contributed by atoms with Crippen molar-refractivity contribution in [1.29, 1.82) is 0 Å². The number of hydrogen-bond donors (Lipinski definition) is 2. The zero-order chi connectivity index (χ0) is 24.4. The minimum absolute atomic E-state index is 0.275. The Hall–Kier alpha value is -4.33. The summed E-state index contributed by atoms with van der Waals surface area (Å²) in [7, 11) is 0. The minimum atomic E-state index is -0.347. The summed E-state index contributed by atoms with van der Waals surface area (Å²) in [6.45, 7) is 0.803. The summed E-state index contributed by atoms with van der Waals surface area (Å²) in [5.41, 5.74) is 10.9. The van der Waals surface area contributed by atoms with Gasteiger partial charge in [-0.2, -0.15) is 0 Å². The number of nitrogens with two attached hydrogens (primary N) is 1. The largest absolute Gasteiger partial charge is 0.384 e. The number of aryl methyl sites for hydroxylation is 2. The number of fused-ring (bicyclic) bond motifs is 2. The fraction of sp³-hybridized carbons (Fsp3) is 0.148. The Morgan fingerprint density at radius 2 is 1.40 bits per heavy atom. The second kappa shape index (κ2) is 9.50. The van der Waals surface area contributed by atoms with Gasteiger partial charge < -0.3 is 15.6 Å². The van der Waals surface area contributed by atoms with Crippen molar-refractivity contribution in [2.45, 2.75) is 19.4 Å². The number of nitrogen functional groups attached to an aromatic ring is 1. The van der Waals surface area contributed by atoms with Crippen LogP contribution in [0.5, 0.6) is 0 Å². The fourth-order valence-corrected chi connectivity index (χ4v) is 4.12. The Bertz CT molecular complexity index is 1510. The number of carbonyl (C=O) groups is 1. The van der Waals surface area contributed by atoms with Gasteiger partial charge in [0.05, 0.1) is 11.0 Å². The number of hydrogen-bond acceptors (Lipinski definition) is 4. The quantitative estimate of drug-likeness (QED) is 0.362.